The lowest BCUT2D eigenvalue weighted by molar-refractivity contribution is -0.119. The van der Waals surface area contributed by atoms with E-state index >= 15 is 0 Å². The van der Waals surface area contributed by atoms with Gasteiger partial charge in [0.2, 0.25) is 5.91 Å². The van der Waals surface area contributed by atoms with Crippen molar-refractivity contribution in [3.63, 3.8) is 0 Å². The highest BCUT2D eigenvalue weighted by atomic mass is 35.5. The van der Waals surface area contributed by atoms with Crippen LogP contribution in [-0.2, 0) is 4.79 Å². The molecule has 1 heterocycles. The van der Waals surface area contributed by atoms with Crippen molar-refractivity contribution in [3.8, 4) is 0 Å². The van der Waals surface area contributed by atoms with Crippen LogP contribution in [0.25, 0.3) is 0 Å². The highest BCUT2D eigenvalue weighted by Crippen LogP contribution is 2.40. The molecular weight excluding hydrogens is 224 g/mol. The Bertz CT molecular complexity index is 419. The number of hydrogen-bond acceptors (Lipinski definition) is 2. The van der Waals surface area contributed by atoms with Gasteiger partial charge in [-0.15, -0.1) is 0 Å². The van der Waals surface area contributed by atoms with Crippen molar-refractivity contribution in [1.82, 2.24) is 0 Å². The Morgan fingerprint density at radius 2 is 2.31 bits per heavy atom. The van der Waals surface area contributed by atoms with Crippen LogP contribution in [0.2, 0.25) is 5.02 Å². The van der Waals surface area contributed by atoms with E-state index in [1.807, 2.05) is 18.2 Å². The summed E-state index contributed by atoms with van der Waals surface area (Å²) in [6, 6.07) is 5.77. The van der Waals surface area contributed by atoms with Crippen molar-refractivity contribution >= 4 is 23.2 Å². The lowest BCUT2D eigenvalue weighted by atomic mass is 9.87. The molecule has 2 N–H and O–H groups in total. The number of carbonyl (C=O) groups is 1. The normalized spacial score (nSPS) is 19.8. The minimum atomic E-state index is 0.110. The molecule has 1 aliphatic rings. The maximum absolute atomic E-state index is 11.8. The Kier molecular flexibility index (Phi) is 3.17. The molecule has 0 aliphatic carbocycles. The number of fused-ring (bicyclic) bond motifs is 1. The van der Waals surface area contributed by atoms with E-state index in [1.165, 1.54) is 0 Å². The first-order chi connectivity index (χ1) is 7.65. The SMILES string of the molecule is CN1C(=O)CC(CCN)c2cccc(Cl)c21. The third-order valence-electron chi connectivity index (χ3n) is 3.10. The van der Waals surface area contributed by atoms with Gasteiger partial charge in [0.15, 0.2) is 0 Å². The van der Waals surface area contributed by atoms with Gasteiger partial charge < -0.3 is 10.6 Å². The van der Waals surface area contributed by atoms with Gasteiger partial charge in [-0.2, -0.15) is 0 Å². The summed E-state index contributed by atoms with van der Waals surface area (Å²) in [6.45, 7) is 0.591. The first-order valence-electron chi connectivity index (χ1n) is 5.40. The van der Waals surface area contributed by atoms with Crippen molar-refractivity contribution in [2.45, 2.75) is 18.8 Å². The fraction of sp³-hybridized carbons (Fsp3) is 0.417. The zero-order chi connectivity index (χ0) is 11.7. The molecule has 1 aromatic carbocycles. The standard InChI is InChI=1S/C12H15ClN2O/c1-15-11(16)7-8(5-6-14)9-3-2-4-10(13)12(9)15/h2-4,8H,5-7,14H2,1H3. The summed E-state index contributed by atoms with van der Waals surface area (Å²) in [6.07, 6.45) is 1.36. The fourth-order valence-corrected chi connectivity index (χ4v) is 2.57. The Hall–Kier alpha value is -1.06. The van der Waals surface area contributed by atoms with Crippen molar-refractivity contribution < 1.29 is 4.79 Å². The van der Waals surface area contributed by atoms with Crippen molar-refractivity contribution in [1.29, 1.82) is 0 Å². The van der Waals surface area contributed by atoms with Crippen LogP contribution in [0.5, 0.6) is 0 Å². The van der Waals surface area contributed by atoms with E-state index in [9.17, 15) is 4.79 Å². The molecule has 1 unspecified atom stereocenters. The predicted octanol–water partition coefficient (Wildman–Crippen LogP) is 2.14. The summed E-state index contributed by atoms with van der Waals surface area (Å²) >= 11 is 6.14. The maximum atomic E-state index is 11.8. The van der Waals surface area contributed by atoms with Crippen LogP contribution in [0.4, 0.5) is 5.69 Å². The third-order valence-corrected chi connectivity index (χ3v) is 3.41. The van der Waals surface area contributed by atoms with E-state index in [1.54, 1.807) is 11.9 Å². The van der Waals surface area contributed by atoms with Crippen LogP contribution in [-0.4, -0.2) is 19.5 Å². The molecule has 16 heavy (non-hydrogen) atoms. The minimum Gasteiger partial charge on any atom is -0.330 e. The molecule has 1 amide bonds. The number of carbonyl (C=O) groups excluding carboxylic acids is 1. The van der Waals surface area contributed by atoms with E-state index in [2.05, 4.69) is 0 Å². The van der Waals surface area contributed by atoms with Gasteiger partial charge in [0.1, 0.15) is 0 Å². The van der Waals surface area contributed by atoms with Crippen LogP contribution >= 0.6 is 11.6 Å². The van der Waals surface area contributed by atoms with Crippen molar-refractivity contribution in [2.24, 2.45) is 5.73 Å². The molecule has 0 aromatic heterocycles. The van der Waals surface area contributed by atoms with E-state index in [0.29, 0.717) is 18.0 Å². The number of benzene rings is 1. The predicted molar refractivity (Wildman–Crippen MR) is 65.9 cm³/mol. The summed E-state index contributed by atoms with van der Waals surface area (Å²) in [4.78, 5) is 13.5. The number of para-hydroxylation sites is 1. The summed E-state index contributed by atoms with van der Waals surface area (Å²) in [5.74, 6) is 0.321. The Labute approximate surface area is 100 Å². The molecule has 0 saturated heterocycles. The third kappa shape index (κ3) is 1.81. The number of rotatable bonds is 2. The molecule has 4 heteroatoms. The van der Waals surface area contributed by atoms with E-state index < -0.39 is 0 Å². The summed E-state index contributed by atoms with van der Waals surface area (Å²) < 4.78 is 0. The first-order valence-corrected chi connectivity index (χ1v) is 5.78. The molecule has 0 fully saturated rings. The molecule has 0 radical (unpaired) electrons. The minimum absolute atomic E-state index is 0.110. The van der Waals surface area contributed by atoms with Crippen molar-refractivity contribution in [3.05, 3.63) is 28.8 Å². The fourth-order valence-electron chi connectivity index (χ4n) is 2.26. The van der Waals surface area contributed by atoms with Crippen LogP contribution in [0, 0.1) is 0 Å². The van der Waals surface area contributed by atoms with Gasteiger partial charge in [-0.05, 0) is 30.5 Å². The average Bonchev–Trinajstić information content (AvgIpc) is 2.25. The van der Waals surface area contributed by atoms with E-state index in [4.69, 9.17) is 17.3 Å². The molecule has 1 aliphatic heterocycles. The Morgan fingerprint density at radius 1 is 1.56 bits per heavy atom. The summed E-state index contributed by atoms with van der Waals surface area (Å²) in [7, 11) is 1.77. The average molecular weight is 239 g/mol. The number of hydrogen-bond donors (Lipinski definition) is 1. The molecule has 0 spiro atoms. The monoisotopic (exact) mass is 238 g/mol. The van der Waals surface area contributed by atoms with Gasteiger partial charge in [0.25, 0.3) is 0 Å². The molecule has 2 rings (SSSR count). The van der Waals surface area contributed by atoms with Crippen LogP contribution in [0.1, 0.15) is 24.3 Å². The van der Waals surface area contributed by atoms with Gasteiger partial charge in [-0.1, -0.05) is 23.7 Å². The Morgan fingerprint density at radius 3 is 3.00 bits per heavy atom. The lowest BCUT2D eigenvalue weighted by Gasteiger charge is -2.32. The van der Waals surface area contributed by atoms with Crippen molar-refractivity contribution in [2.75, 3.05) is 18.5 Å². The molecule has 1 atom stereocenters. The van der Waals surface area contributed by atoms with Gasteiger partial charge in [-0.3, -0.25) is 4.79 Å². The van der Waals surface area contributed by atoms with Crippen LogP contribution in [0.3, 0.4) is 0 Å². The highest BCUT2D eigenvalue weighted by Gasteiger charge is 2.29. The largest absolute Gasteiger partial charge is 0.330 e. The van der Waals surface area contributed by atoms with Crippen LogP contribution < -0.4 is 10.6 Å². The van der Waals surface area contributed by atoms with Gasteiger partial charge in [-0.25, -0.2) is 0 Å². The highest BCUT2D eigenvalue weighted by molar-refractivity contribution is 6.34. The molecule has 3 nitrogen and oxygen atoms in total. The molecule has 86 valence electrons. The zero-order valence-electron chi connectivity index (χ0n) is 9.24. The lowest BCUT2D eigenvalue weighted by Crippen LogP contribution is -2.34. The van der Waals surface area contributed by atoms with Gasteiger partial charge in [0.05, 0.1) is 10.7 Å². The second kappa shape index (κ2) is 4.44. The molecule has 0 bridgehead atoms. The smallest absolute Gasteiger partial charge is 0.227 e. The number of nitrogens with two attached hydrogens (primary N) is 1. The quantitative estimate of drug-likeness (QED) is 0.858. The molecule has 1 aromatic rings. The molecule has 0 saturated carbocycles. The number of amides is 1. The number of nitrogens with zero attached hydrogens (tertiary/aromatic N) is 1. The summed E-state index contributed by atoms with van der Waals surface area (Å²) in [5, 5.41) is 0.634. The van der Waals surface area contributed by atoms with E-state index in [0.717, 1.165) is 17.7 Å². The maximum Gasteiger partial charge on any atom is 0.227 e. The second-order valence-electron chi connectivity index (χ2n) is 4.11. The van der Waals surface area contributed by atoms with Gasteiger partial charge in [0, 0.05) is 13.5 Å². The molecular formula is C12H15ClN2O. The topological polar surface area (TPSA) is 46.3 Å². The van der Waals surface area contributed by atoms with Crippen LogP contribution in [0.15, 0.2) is 18.2 Å². The number of halogens is 1. The second-order valence-corrected chi connectivity index (χ2v) is 4.52. The summed E-state index contributed by atoms with van der Waals surface area (Å²) in [5.41, 5.74) is 7.56. The first kappa shape index (κ1) is 11.4. The number of anilines is 1. The zero-order valence-corrected chi connectivity index (χ0v) is 10.00. The Balaban J connectivity index is 2.49. The van der Waals surface area contributed by atoms with E-state index in [-0.39, 0.29) is 11.8 Å². The van der Waals surface area contributed by atoms with Gasteiger partial charge >= 0.3 is 0 Å².